The Labute approximate surface area is 150 Å². The molecule has 2 rings (SSSR count). The largest absolute Gasteiger partial charge is 0.367 e. The van der Waals surface area contributed by atoms with Gasteiger partial charge in [-0.3, -0.25) is 0 Å². The van der Waals surface area contributed by atoms with Crippen molar-refractivity contribution in [1.82, 2.24) is 5.43 Å². The molecule has 0 spiro atoms. The van der Waals surface area contributed by atoms with Crippen LogP contribution in [0.25, 0.3) is 0 Å². The van der Waals surface area contributed by atoms with Crippen LogP contribution in [0.15, 0.2) is 73.6 Å². The van der Waals surface area contributed by atoms with Gasteiger partial charge in [0.2, 0.25) is 5.96 Å². The molecule has 0 unspecified atom stereocenters. The minimum absolute atomic E-state index is 0.129. The SMILES string of the molecule is CSc1ccc(C=NN=C(N)NN=Cc2ccc(SC)cc2)cc1. The average Bonchev–Trinajstić information content (AvgIpc) is 2.63. The summed E-state index contributed by atoms with van der Waals surface area (Å²) in [6, 6.07) is 16.1. The van der Waals surface area contributed by atoms with Crippen LogP contribution in [-0.2, 0) is 0 Å². The van der Waals surface area contributed by atoms with E-state index in [2.05, 4.69) is 20.7 Å². The summed E-state index contributed by atoms with van der Waals surface area (Å²) >= 11 is 3.40. The molecule has 0 radical (unpaired) electrons. The standard InChI is InChI=1S/C17H19N5S2/c1-23-15-7-3-13(4-8-15)11-19-21-17(18)22-20-12-14-5-9-16(24-2)10-6-14/h3-12H,1-2H3,(H3,18,21,22). The minimum atomic E-state index is 0.129. The van der Waals surface area contributed by atoms with E-state index >= 15 is 0 Å². The van der Waals surface area contributed by atoms with Crippen LogP contribution >= 0.6 is 23.5 Å². The van der Waals surface area contributed by atoms with E-state index in [1.54, 1.807) is 36.0 Å². The van der Waals surface area contributed by atoms with Gasteiger partial charge in [0.1, 0.15) is 0 Å². The number of hydrazone groups is 1. The topological polar surface area (TPSA) is 75.1 Å². The number of nitrogens with two attached hydrogens (primary N) is 1. The van der Waals surface area contributed by atoms with Gasteiger partial charge in [-0.05, 0) is 47.9 Å². The van der Waals surface area contributed by atoms with Gasteiger partial charge in [-0.15, -0.1) is 28.6 Å². The molecule has 124 valence electrons. The van der Waals surface area contributed by atoms with E-state index in [0.717, 1.165) is 11.1 Å². The molecule has 0 heterocycles. The van der Waals surface area contributed by atoms with Gasteiger partial charge in [-0.2, -0.15) is 10.2 Å². The number of hydrogen-bond donors (Lipinski definition) is 2. The molecular formula is C17H19N5S2. The van der Waals surface area contributed by atoms with Crippen LogP contribution in [0.1, 0.15) is 11.1 Å². The molecule has 2 aromatic rings. The van der Waals surface area contributed by atoms with E-state index in [0.29, 0.717) is 0 Å². The van der Waals surface area contributed by atoms with Gasteiger partial charge in [-0.1, -0.05) is 24.3 Å². The Morgan fingerprint density at radius 3 is 1.88 bits per heavy atom. The van der Waals surface area contributed by atoms with E-state index in [1.165, 1.54) is 9.79 Å². The van der Waals surface area contributed by atoms with Crippen LogP contribution in [0.5, 0.6) is 0 Å². The molecule has 7 heteroatoms. The molecule has 0 aliphatic carbocycles. The number of rotatable bonds is 6. The summed E-state index contributed by atoms with van der Waals surface area (Å²) in [4.78, 5) is 2.41. The molecule has 3 N–H and O–H groups in total. The zero-order valence-electron chi connectivity index (χ0n) is 13.5. The maximum atomic E-state index is 5.70. The molecule has 24 heavy (non-hydrogen) atoms. The number of nitrogens with one attached hydrogen (secondary N) is 1. The summed E-state index contributed by atoms with van der Waals surface area (Å²) < 4.78 is 0. The average molecular weight is 358 g/mol. The normalized spacial score (nSPS) is 12.2. The fourth-order valence-electron chi connectivity index (χ4n) is 1.73. The summed E-state index contributed by atoms with van der Waals surface area (Å²) in [5, 5.41) is 11.8. The van der Waals surface area contributed by atoms with Crippen LogP contribution in [0.4, 0.5) is 0 Å². The lowest BCUT2D eigenvalue weighted by atomic mass is 10.2. The molecule has 0 bridgehead atoms. The Morgan fingerprint density at radius 2 is 1.38 bits per heavy atom. The number of guanidine groups is 1. The molecular weight excluding hydrogens is 338 g/mol. The Bertz CT molecular complexity index is 722. The molecule has 2 aromatic carbocycles. The van der Waals surface area contributed by atoms with Gasteiger partial charge < -0.3 is 5.73 Å². The van der Waals surface area contributed by atoms with E-state index < -0.39 is 0 Å². The molecule has 0 saturated heterocycles. The Kier molecular flexibility index (Phi) is 7.38. The van der Waals surface area contributed by atoms with Crippen LogP contribution in [-0.4, -0.2) is 30.9 Å². The first-order chi connectivity index (χ1) is 11.7. The van der Waals surface area contributed by atoms with E-state index in [9.17, 15) is 0 Å². The molecule has 5 nitrogen and oxygen atoms in total. The van der Waals surface area contributed by atoms with Crippen molar-refractivity contribution >= 4 is 41.9 Å². The lowest BCUT2D eigenvalue weighted by Crippen LogP contribution is -2.26. The predicted molar refractivity (Wildman–Crippen MR) is 106 cm³/mol. The van der Waals surface area contributed by atoms with Crippen molar-refractivity contribution in [3.63, 3.8) is 0 Å². The number of thioether (sulfide) groups is 2. The molecule has 0 atom stereocenters. The molecule has 0 aliphatic heterocycles. The number of benzene rings is 2. The third kappa shape index (κ3) is 6.10. The Morgan fingerprint density at radius 1 is 0.875 bits per heavy atom. The highest BCUT2D eigenvalue weighted by atomic mass is 32.2. The second kappa shape index (κ2) is 9.79. The molecule has 0 aliphatic rings. The van der Waals surface area contributed by atoms with Gasteiger partial charge in [-0.25, -0.2) is 5.43 Å². The number of nitrogens with zero attached hydrogens (tertiary/aromatic N) is 3. The van der Waals surface area contributed by atoms with Crippen LogP contribution in [0.3, 0.4) is 0 Å². The Balaban J connectivity index is 1.86. The molecule has 0 fully saturated rings. The monoisotopic (exact) mass is 357 g/mol. The third-order valence-electron chi connectivity index (χ3n) is 3.00. The van der Waals surface area contributed by atoms with Gasteiger partial charge in [0.25, 0.3) is 0 Å². The summed E-state index contributed by atoms with van der Waals surface area (Å²) in [7, 11) is 0. The van der Waals surface area contributed by atoms with Crippen molar-refractivity contribution in [2.45, 2.75) is 9.79 Å². The first kappa shape index (κ1) is 18.1. The fourth-order valence-corrected chi connectivity index (χ4v) is 2.55. The third-order valence-corrected chi connectivity index (χ3v) is 4.48. The van der Waals surface area contributed by atoms with Gasteiger partial charge in [0.05, 0.1) is 12.4 Å². The maximum absolute atomic E-state index is 5.70. The quantitative estimate of drug-likeness (QED) is 0.360. The van der Waals surface area contributed by atoms with Gasteiger partial charge in [0, 0.05) is 9.79 Å². The second-order valence-electron chi connectivity index (χ2n) is 4.65. The lowest BCUT2D eigenvalue weighted by molar-refractivity contribution is 0.994. The summed E-state index contributed by atoms with van der Waals surface area (Å²) in [6.07, 6.45) is 7.40. The van der Waals surface area contributed by atoms with Crippen LogP contribution in [0, 0.1) is 0 Å². The highest BCUT2D eigenvalue weighted by molar-refractivity contribution is 7.98. The number of hydrogen-bond acceptors (Lipinski definition) is 5. The first-order valence-electron chi connectivity index (χ1n) is 7.15. The molecule has 0 aromatic heterocycles. The second-order valence-corrected chi connectivity index (χ2v) is 6.41. The maximum Gasteiger partial charge on any atom is 0.234 e. The van der Waals surface area contributed by atoms with E-state index in [4.69, 9.17) is 5.73 Å². The minimum Gasteiger partial charge on any atom is -0.367 e. The van der Waals surface area contributed by atoms with E-state index in [-0.39, 0.29) is 5.96 Å². The molecule has 0 saturated carbocycles. The van der Waals surface area contributed by atoms with E-state index in [1.807, 2.05) is 61.0 Å². The zero-order chi connectivity index (χ0) is 17.2. The van der Waals surface area contributed by atoms with Crippen molar-refractivity contribution in [1.29, 1.82) is 0 Å². The summed E-state index contributed by atoms with van der Waals surface area (Å²) in [5.74, 6) is 0.129. The highest BCUT2D eigenvalue weighted by Gasteiger charge is 1.92. The van der Waals surface area contributed by atoms with Crippen molar-refractivity contribution in [2.75, 3.05) is 12.5 Å². The highest BCUT2D eigenvalue weighted by Crippen LogP contribution is 2.14. The smallest absolute Gasteiger partial charge is 0.234 e. The molecule has 0 amide bonds. The summed E-state index contributed by atoms with van der Waals surface area (Å²) in [5.41, 5.74) is 10.3. The zero-order valence-corrected chi connectivity index (χ0v) is 15.1. The van der Waals surface area contributed by atoms with Crippen molar-refractivity contribution < 1.29 is 0 Å². The Hall–Kier alpha value is -2.25. The van der Waals surface area contributed by atoms with Crippen LogP contribution < -0.4 is 11.2 Å². The van der Waals surface area contributed by atoms with Crippen molar-refractivity contribution in [3.05, 3.63) is 59.7 Å². The summed E-state index contributed by atoms with van der Waals surface area (Å²) in [6.45, 7) is 0. The van der Waals surface area contributed by atoms with Crippen molar-refractivity contribution in [3.8, 4) is 0 Å². The first-order valence-corrected chi connectivity index (χ1v) is 9.60. The fraction of sp³-hybridized carbons (Fsp3) is 0.118. The van der Waals surface area contributed by atoms with Gasteiger partial charge >= 0.3 is 0 Å². The predicted octanol–water partition coefficient (Wildman–Crippen LogP) is 3.40. The van der Waals surface area contributed by atoms with Crippen molar-refractivity contribution in [2.24, 2.45) is 21.0 Å². The van der Waals surface area contributed by atoms with Crippen LogP contribution in [0.2, 0.25) is 0 Å². The lowest BCUT2D eigenvalue weighted by Gasteiger charge is -1.98. The van der Waals surface area contributed by atoms with Gasteiger partial charge in [0.15, 0.2) is 0 Å².